The van der Waals surface area contributed by atoms with Gasteiger partial charge in [-0.15, -0.1) is 0 Å². The molecule has 0 amide bonds. The molecule has 0 aliphatic carbocycles. The van der Waals surface area contributed by atoms with Gasteiger partial charge in [-0.05, 0) is 36.0 Å². The quantitative estimate of drug-likeness (QED) is 0.810. The summed E-state index contributed by atoms with van der Waals surface area (Å²) in [5.41, 5.74) is 5.39. The maximum absolute atomic E-state index is 5.60. The van der Waals surface area contributed by atoms with Gasteiger partial charge in [-0.25, -0.2) is 0 Å². The van der Waals surface area contributed by atoms with E-state index in [0.29, 0.717) is 25.3 Å². The molecule has 2 aromatic carbocycles. The SMILES string of the molecule is C1=C(c2ccc(C3OCCO3)cc2)CC2CCC1N2Cc1ccccc1. The van der Waals surface area contributed by atoms with Crippen molar-refractivity contribution in [1.82, 2.24) is 4.90 Å². The Morgan fingerprint density at radius 2 is 1.65 bits per heavy atom. The summed E-state index contributed by atoms with van der Waals surface area (Å²) in [5.74, 6) is 0. The first-order valence-corrected chi connectivity index (χ1v) is 9.71. The Bertz CT molecular complexity index is 778. The van der Waals surface area contributed by atoms with Crippen molar-refractivity contribution in [3.63, 3.8) is 0 Å². The lowest BCUT2D eigenvalue weighted by molar-refractivity contribution is -0.0441. The number of ether oxygens (including phenoxy) is 2. The Morgan fingerprint density at radius 3 is 2.38 bits per heavy atom. The number of fused-ring (bicyclic) bond motifs is 2. The van der Waals surface area contributed by atoms with Crippen LogP contribution in [0.1, 0.15) is 42.2 Å². The van der Waals surface area contributed by atoms with Crippen LogP contribution in [0.2, 0.25) is 0 Å². The van der Waals surface area contributed by atoms with Crippen LogP contribution in [0.15, 0.2) is 60.7 Å². The highest BCUT2D eigenvalue weighted by Gasteiger charge is 2.36. The van der Waals surface area contributed by atoms with Crippen molar-refractivity contribution in [1.29, 1.82) is 0 Å². The number of hydrogen-bond acceptors (Lipinski definition) is 3. The van der Waals surface area contributed by atoms with Gasteiger partial charge in [-0.3, -0.25) is 4.90 Å². The van der Waals surface area contributed by atoms with Crippen LogP contribution in [0, 0.1) is 0 Å². The van der Waals surface area contributed by atoms with E-state index in [1.54, 1.807) is 0 Å². The molecule has 2 fully saturated rings. The van der Waals surface area contributed by atoms with Crippen molar-refractivity contribution >= 4 is 5.57 Å². The highest BCUT2D eigenvalue weighted by atomic mass is 16.7. The summed E-state index contributed by atoms with van der Waals surface area (Å²) in [6.07, 6.45) is 6.06. The van der Waals surface area contributed by atoms with E-state index in [9.17, 15) is 0 Å². The Balaban J connectivity index is 1.33. The Hall–Kier alpha value is -1.94. The van der Waals surface area contributed by atoms with Gasteiger partial charge in [0, 0.05) is 24.2 Å². The van der Waals surface area contributed by atoms with Gasteiger partial charge in [0.2, 0.25) is 0 Å². The second-order valence-electron chi connectivity index (χ2n) is 7.55. The van der Waals surface area contributed by atoms with Gasteiger partial charge >= 0.3 is 0 Å². The summed E-state index contributed by atoms with van der Waals surface area (Å²) < 4.78 is 11.2. The molecule has 2 unspecified atom stereocenters. The minimum atomic E-state index is -0.179. The molecule has 3 heteroatoms. The molecule has 3 heterocycles. The molecule has 26 heavy (non-hydrogen) atoms. The maximum Gasteiger partial charge on any atom is 0.184 e. The first kappa shape index (κ1) is 16.2. The average molecular weight is 347 g/mol. The fourth-order valence-electron chi connectivity index (χ4n) is 4.58. The van der Waals surface area contributed by atoms with Crippen LogP contribution < -0.4 is 0 Å². The molecule has 0 radical (unpaired) electrons. The molecular weight excluding hydrogens is 322 g/mol. The first-order chi connectivity index (χ1) is 12.9. The van der Waals surface area contributed by atoms with Crippen LogP contribution >= 0.6 is 0 Å². The molecule has 0 spiro atoms. The Kier molecular flexibility index (Phi) is 4.37. The highest BCUT2D eigenvalue weighted by Crippen LogP contribution is 2.39. The smallest absolute Gasteiger partial charge is 0.184 e. The molecule has 0 N–H and O–H groups in total. The van der Waals surface area contributed by atoms with E-state index in [1.165, 1.54) is 29.5 Å². The molecule has 0 saturated carbocycles. The van der Waals surface area contributed by atoms with Crippen molar-refractivity contribution in [3.8, 4) is 0 Å². The molecule has 3 aliphatic heterocycles. The summed E-state index contributed by atoms with van der Waals surface area (Å²) in [5, 5.41) is 0. The zero-order valence-electron chi connectivity index (χ0n) is 15.0. The van der Waals surface area contributed by atoms with E-state index in [1.807, 2.05) is 0 Å². The molecule has 5 rings (SSSR count). The zero-order valence-corrected chi connectivity index (χ0v) is 15.0. The van der Waals surface area contributed by atoms with Crippen LogP contribution in [-0.2, 0) is 16.0 Å². The van der Waals surface area contributed by atoms with E-state index < -0.39 is 0 Å². The van der Waals surface area contributed by atoms with Crippen LogP contribution in [-0.4, -0.2) is 30.2 Å². The molecule has 2 aromatic rings. The second kappa shape index (κ2) is 6.99. The Morgan fingerprint density at radius 1 is 0.885 bits per heavy atom. The molecule has 2 bridgehead atoms. The monoisotopic (exact) mass is 347 g/mol. The summed E-state index contributed by atoms with van der Waals surface area (Å²) in [6, 6.07) is 20.9. The van der Waals surface area contributed by atoms with Crippen molar-refractivity contribution < 1.29 is 9.47 Å². The van der Waals surface area contributed by atoms with Crippen molar-refractivity contribution in [2.45, 2.75) is 44.2 Å². The fraction of sp³-hybridized carbons (Fsp3) is 0.391. The standard InChI is InChI=1S/C23H25NO2/c1-2-4-17(5-3-1)16-24-21-10-11-22(24)15-20(14-21)18-6-8-19(9-7-18)23-25-12-13-26-23/h1-9,14,21-23H,10-13,15-16H2. The van der Waals surface area contributed by atoms with Gasteiger partial charge in [-0.1, -0.05) is 60.7 Å². The highest BCUT2D eigenvalue weighted by molar-refractivity contribution is 5.68. The van der Waals surface area contributed by atoms with E-state index in [2.05, 4.69) is 65.6 Å². The molecule has 134 valence electrons. The van der Waals surface area contributed by atoms with Gasteiger partial charge in [-0.2, -0.15) is 0 Å². The van der Waals surface area contributed by atoms with E-state index >= 15 is 0 Å². The van der Waals surface area contributed by atoms with E-state index in [0.717, 1.165) is 18.5 Å². The third kappa shape index (κ3) is 3.11. The van der Waals surface area contributed by atoms with Gasteiger partial charge < -0.3 is 9.47 Å². The minimum Gasteiger partial charge on any atom is -0.346 e. The largest absolute Gasteiger partial charge is 0.346 e. The van der Waals surface area contributed by atoms with Gasteiger partial charge in [0.15, 0.2) is 6.29 Å². The molecular formula is C23H25NO2. The van der Waals surface area contributed by atoms with Crippen LogP contribution in [0.4, 0.5) is 0 Å². The molecule has 2 saturated heterocycles. The number of benzene rings is 2. The third-order valence-corrected chi connectivity index (χ3v) is 5.92. The normalized spacial score (nSPS) is 26.2. The number of nitrogens with zero attached hydrogens (tertiary/aromatic N) is 1. The Labute approximate surface area is 155 Å². The summed E-state index contributed by atoms with van der Waals surface area (Å²) >= 11 is 0. The first-order valence-electron chi connectivity index (χ1n) is 9.71. The third-order valence-electron chi connectivity index (χ3n) is 5.92. The maximum atomic E-state index is 5.60. The number of rotatable bonds is 4. The lowest BCUT2D eigenvalue weighted by Crippen LogP contribution is -2.37. The van der Waals surface area contributed by atoms with Gasteiger partial charge in [0.05, 0.1) is 13.2 Å². The van der Waals surface area contributed by atoms with E-state index in [-0.39, 0.29) is 6.29 Å². The lowest BCUT2D eigenvalue weighted by Gasteiger charge is -2.34. The summed E-state index contributed by atoms with van der Waals surface area (Å²) in [4.78, 5) is 2.69. The van der Waals surface area contributed by atoms with Crippen LogP contribution in [0.3, 0.4) is 0 Å². The lowest BCUT2D eigenvalue weighted by atomic mass is 9.93. The predicted octanol–water partition coefficient (Wildman–Crippen LogP) is 4.55. The predicted molar refractivity (Wildman–Crippen MR) is 102 cm³/mol. The zero-order chi connectivity index (χ0) is 17.3. The number of hydrogen-bond donors (Lipinski definition) is 0. The summed E-state index contributed by atoms with van der Waals surface area (Å²) in [7, 11) is 0. The van der Waals surface area contributed by atoms with E-state index in [4.69, 9.17) is 9.47 Å². The van der Waals surface area contributed by atoms with Crippen LogP contribution in [0.5, 0.6) is 0 Å². The van der Waals surface area contributed by atoms with Crippen LogP contribution in [0.25, 0.3) is 5.57 Å². The summed E-state index contributed by atoms with van der Waals surface area (Å²) in [6.45, 7) is 2.45. The molecule has 3 aliphatic rings. The average Bonchev–Trinajstić information content (AvgIpc) is 3.29. The van der Waals surface area contributed by atoms with Crippen molar-refractivity contribution in [2.75, 3.05) is 13.2 Å². The second-order valence-corrected chi connectivity index (χ2v) is 7.55. The minimum absolute atomic E-state index is 0.179. The van der Waals surface area contributed by atoms with Crippen molar-refractivity contribution in [3.05, 3.63) is 77.4 Å². The molecule has 2 atom stereocenters. The molecule has 0 aromatic heterocycles. The van der Waals surface area contributed by atoms with Gasteiger partial charge in [0.1, 0.15) is 0 Å². The van der Waals surface area contributed by atoms with Crippen molar-refractivity contribution in [2.24, 2.45) is 0 Å². The fourth-order valence-corrected chi connectivity index (χ4v) is 4.58. The topological polar surface area (TPSA) is 21.7 Å². The molecule has 3 nitrogen and oxygen atoms in total. The van der Waals surface area contributed by atoms with Gasteiger partial charge in [0.25, 0.3) is 0 Å².